The highest BCUT2D eigenvalue weighted by Gasteiger charge is 2.22. The Labute approximate surface area is 128 Å². The fourth-order valence-electron chi connectivity index (χ4n) is 2.70. The maximum absolute atomic E-state index is 5.75. The average Bonchev–Trinajstić information content (AvgIpc) is 2.50. The molecule has 21 heavy (non-hydrogen) atoms. The summed E-state index contributed by atoms with van der Waals surface area (Å²) in [5.74, 6) is 0.844. The second kappa shape index (κ2) is 8.29. The molecule has 5 nitrogen and oxygen atoms in total. The smallest absolute Gasteiger partial charge is 0.225 e. The molecule has 0 aliphatic carbocycles. The SMILES string of the molecule is CCCNCc1cnc(N2CCCC(OCC)C2)nc1C. The summed E-state index contributed by atoms with van der Waals surface area (Å²) in [6, 6.07) is 0. The van der Waals surface area contributed by atoms with Gasteiger partial charge in [-0.3, -0.25) is 0 Å². The Hall–Kier alpha value is -1.20. The molecule has 0 aromatic carbocycles. The van der Waals surface area contributed by atoms with Crippen molar-refractivity contribution in [3.63, 3.8) is 0 Å². The highest BCUT2D eigenvalue weighted by atomic mass is 16.5. The lowest BCUT2D eigenvalue weighted by Gasteiger charge is -2.32. The summed E-state index contributed by atoms with van der Waals surface area (Å²) in [6.45, 7) is 10.9. The van der Waals surface area contributed by atoms with E-state index >= 15 is 0 Å². The minimum atomic E-state index is 0.318. The van der Waals surface area contributed by atoms with E-state index < -0.39 is 0 Å². The van der Waals surface area contributed by atoms with Crippen molar-refractivity contribution in [2.75, 3.05) is 31.1 Å². The first-order valence-corrected chi connectivity index (χ1v) is 8.14. The van der Waals surface area contributed by atoms with E-state index in [4.69, 9.17) is 4.74 Å². The summed E-state index contributed by atoms with van der Waals surface area (Å²) in [5, 5.41) is 3.40. The molecule has 2 heterocycles. The number of hydrogen-bond acceptors (Lipinski definition) is 5. The van der Waals surface area contributed by atoms with Crippen LogP contribution >= 0.6 is 0 Å². The molecule has 1 fully saturated rings. The molecule has 0 radical (unpaired) electrons. The lowest BCUT2D eigenvalue weighted by Crippen LogP contribution is -2.40. The number of anilines is 1. The Kier molecular flexibility index (Phi) is 6.39. The second-order valence-electron chi connectivity index (χ2n) is 5.62. The molecular formula is C16H28N4O. The predicted molar refractivity (Wildman–Crippen MR) is 85.6 cm³/mol. The third-order valence-electron chi connectivity index (χ3n) is 3.87. The number of aromatic nitrogens is 2. The van der Waals surface area contributed by atoms with Crippen molar-refractivity contribution in [2.45, 2.75) is 52.7 Å². The summed E-state index contributed by atoms with van der Waals surface area (Å²) in [6.07, 6.45) is 5.71. The number of aryl methyl sites for hydroxylation is 1. The molecule has 1 atom stereocenters. The van der Waals surface area contributed by atoms with Gasteiger partial charge in [0.1, 0.15) is 0 Å². The minimum Gasteiger partial charge on any atom is -0.377 e. The summed E-state index contributed by atoms with van der Waals surface area (Å²) in [7, 11) is 0. The van der Waals surface area contributed by atoms with Gasteiger partial charge < -0.3 is 15.0 Å². The van der Waals surface area contributed by atoms with E-state index in [0.29, 0.717) is 6.10 Å². The van der Waals surface area contributed by atoms with Crippen molar-refractivity contribution in [3.05, 3.63) is 17.5 Å². The van der Waals surface area contributed by atoms with Gasteiger partial charge in [0.05, 0.1) is 6.10 Å². The second-order valence-corrected chi connectivity index (χ2v) is 5.62. The quantitative estimate of drug-likeness (QED) is 0.781. The van der Waals surface area contributed by atoms with Crippen LogP contribution in [0.15, 0.2) is 6.20 Å². The van der Waals surface area contributed by atoms with Gasteiger partial charge in [-0.05, 0) is 39.7 Å². The van der Waals surface area contributed by atoms with Gasteiger partial charge in [-0.25, -0.2) is 9.97 Å². The summed E-state index contributed by atoms with van der Waals surface area (Å²) in [5.41, 5.74) is 2.26. The maximum atomic E-state index is 5.75. The van der Waals surface area contributed by atoms with E-state index in [0.717, 1.165) is 63.7 Å². The van der Waals surface area contributed by atoms with Crippen LogP contribution in [0.1, 0.15) is 44.4 Å². The molecule has 1 aromatic heterocycles. The van der Waals surface area contributed by atoms with E-state index in [1.807, 2.05) is 6.20 Å². The van der Waals surface area contributed by atoms with Crippen LogP contribution in [0, 0.1) is 6.92 Å². The van der Waals surface area contributed by atoms with Gasteiger partial charge in [0.25, 0.3) is 0 Å². The molecule has 1 unspecified atom stereocenters. The number of nitrogens with zero attached hydrogens (tertiary/aromatic N) is 3. The van der Waals surface area contributed by atoms with Crippen LogP contribution in [0.2, 0.25) is 0 Å². The third kappa shape index (κ3) is 4.64. The molecule has 1 saturated heterocycles. The Morgan fingerprint density at radius 3 is 3.00 bits per heavy atom. The average molecular weight is 292 g/mol. The maximum Gasteiger partial charge on any atom is 0.225 e. The van der Waals surface area contributed by atoms with Gasteiger partial charge in [-0.2, -0.15) is 0 Å². The molecule has 0 saturated carbocycles. The van der Waals surface area contributed by atoms with E-state index in [2.05, 4.69) is 41.0 Å². The lowest BCUT2D eigenvalue weighted by atomic mass is 10.1. The molecule has 2 rings (SSSR count). The van der Waals surface area contributed by atoms with Crippen molar-refractivity contribution in [3.8, 4) is 0 Å². The van der Waals surface area contributed by atoms with Gasteiger partial charge in [0.15, 0.2) is 0 Å². The van der Waals surface area contributed by atoms with E-state index in [1.165, 1.54) is 5.56 Å². The highest BCUT2D eigenvalue weighted by Crippen LogP contribution is 2.19. The van der Waals surface area contributed by atoms with Crippen LogP contribution in [0.4, 0.5) is 5.95 Å². The first kappa shape index (κ1) is 16.2. The van der Waals surface area contributed by atoms with Crippen molar-refractivity contribution in [1.82, 2.24) is 15.3 Å². The first-order chi connectivity index (χ1) is 10.2. The minimum absolute atomic E-state index is 0.318. The van der Waals surface area contributed by atoms with Crippen LogP contribution in [0.5, 0.6) is 0 Å². The predicted octanol–water partition coefficient (Wildman–Crippen LogP) is 2.29. The van der Waals surface area contributed by atoms with E-state index in [-0.39, 0.29) is 0 Å². The fourth-order valence-corrected chi connectivity index (χ4v) is 2.70. The normalized spacial score (nSPS) is 19.0. The number of hydrogen-bond donors (Lipinski definition) is 1. The summed E-state index contributed by atoms with van der Waals surface area (Å²) >= 11 is 0. The Morgan fingerprint density at radius 1 is 1.43 bits per heavy atom. The van der Waals surface area contributed by atoms with Gasteiger partial charge in [-0.1, -0.05) is 6.92 Å². The molecule has 5 heteroatoms. The van der Waals surface area contributed by atoms with Gasteiger partial charge in [-0.15, -0.1) is 0 Å². The fraction of sp³-hybridized carbons (Fsp3) is 0.750. The Bertz CT molecular complexity index is 436. The molecule has 1 aromatic rings. The largest absolute Gasteiger partial charge is 0.377 e. The highest BCUT2D eigenvalue weighted by molar-refractivity contribution is 5.33. The molecule has 1 aliphatic heterocycles. The zero-order chi connectivity index (χ0) is 15.1. The molecule has 1 N–H and O–H groups in total. The number of rotatable bonds is 7. The molecule has 0 amide bonds. The molecule has 0 bridgehead atoms. The van der Waals surface area contributed by atoms with Gasteiger partial charge in [0, 0.05) is 43.7 Å². The van der Waals surface area contributed by atoms with E-state index in [1.54, 1.807) is 0 Å². The monoisotopic (exact) mass is 292 g/mol. The number of piperidine rings is 1. The van der Waals surface area contributed by atoms with Crippen molar-refractivity contribution in [2.24, 2.45) is 0 Å². The van der Waals surface area contributed by atoms with Crippen molar-refractivity contribution < 1.29 is 4.74 Å². The van der Waals surface area contributed by atoms with Crippen LogP contribution < -0.4 is 10.2 Å². The Morgan fingerprint density at radius 2 is 2.29 bits per heavy atom. The van der Waals surface area contributed by atoms with Gasteiger partial charge in [0.2, 0.25) is 5.95 Å². The third-order valence-corrected chi connectivity index (χ3v) is 3.87. The standard InChI is InChI=1S/C16H28N4O/c1-4-8-17-10-14-11-18-16(19-13(14)3)20-9-6-7-15(12-20)21-5-2/h11,15,17H,4-10,12H2,1-3H3. The summed E-state index contributed by atoms with van der Waals surface area (Å²) < 4.78 is 5.75. The van der Waals surface area contributed by atoms with Gasteiger partial charge >= 0.3 is 0 Å². The van der Waals surface area contributed by atoms with Crippen LogP contribution in [-0.2, 0) is 11.3 Å². The first-order valence-electron chi connectivity index (χ1n) is 8.14. The van der Waals surface area contributed by atoms with Crippen LogP contribution in [0.3, 0.4) is 0 Å². The topological polar surface area (TPSA) is 50.3 Å². The zero-order valence-electron chi connectivity index (χ0n) is 13.6. The molecule has 118 valence electrons. The zero-order valence-corrected chi connectivity index (χ0v) is 13.6. The molecule has 0 spiro atoms. The molecule has 1 aliphatic rings. The molecular weight excluding hydrogens is 264 g/mol. The van der Waals surface area contributed by atoms with Crippen molar-refractivity contribution in [1.29, 1.82) is 0 Å². The van der Waals surface area contributed by atoms with Crippen LogP contribution in [-0.4, -0.2) is 42.3 Å². The lowest BCUT2D eigenvalue weighted by molar-refractivity contribution is 0.0523. The Balaban J connectivity index is 1.98. The number of ether oxygens (including phenoxy) is 1. The number of nitrogens with one attached hydrogen (secondary N) is 1. The van der Waals surface area contributed by atoms with E-state index in [9.17, 15) is 0 Å². The summed E-state index contributed by atoms with van der Waals surface area (Å²) in [4.78, 5) is 11.5. The van der Waals surface area contributed by atoms with Crippen LogP contribution in [0.25, 0.3) is 0 Å². The van der Waals surface area contributed by atoms with Crippen molar-refractivity contribution >= 4 is 5.95 Å².